The Hall–Kier alpha value is 5.71. The van der Waals surface area contributed by atoms with Gasteiger partial charge in [-0.05, 0) is 0 Å². The molecule has 0 amide bonds. The first-order valence-electron chi connectivity index (χ1n) is 40.0. The first-order valence-corrected chi connectivity index (χ1v) is 40.0. The fourth-order valence-electron chi connectivity index (χ4n) is 25.4. The molecule has 88 heavy (non-hydrogen) atoms. The van der Waals surface area contributed by atoms with Crippen molar-refractivity contribution in [3.05, 3.63) is 0 Å². The maximum atomic E-state index is 2.85. The van der Waals surface area contributed by atoms with Gasteiger partial charge >= 0.3 is 0 Å². The molecule has 0 atom stereocenters. The molecular formula is H90B88. The molecule has 0 aromatic heterocycles. The molecule has 0 unspecified atom stereocenters. The monoisotopic (exact) mass is 1060 g/mol. The van der Waals surface area contributed by atoms with Crippen LogP contribution in [0.25, 0.3) is 0 Å². The van der Waals surface area contributed by atoms with Crippen molar-refractivity contribution < 1.29 is 0 Å². The fourth-order valence-corrected chi connectivity index (χ4v) is 25.4. The Morgan fingerprint density at radius 3 is 0.205 bits per heavy atom. The van der Waals surface area contributed by atoms with Crippen LogP contribution >= 0.6 is 0 Å². The topological polar surface area (TPSA) is 0 Å². The lowest BCUT2D eigenvalue weighted by atomic mass is 8.19. The number of hydrogen-bond donors (Lipinski definition) is 0. The largest absolute Gasteiger partial charge is 0.0552 e. The van der Waals surface area contributed by atoms with E-state index < -0.39 is 0 Å². The van der Waals surface area contributed by atoms with Crippen LogP contribution in [0.1, 0.15) is 0 Å². The van der Waals surface area contributed by atoms with Crippen molar-refractivity contribution in [1.82, 2.24) is 0 Å². The van der Waals surface area contributed by atoms with Crippen molar-refractivity contribution in [1.29, 1.82) is 0 Å². The van der Waals surface area contributed by atoms with Gasteiger partial charge in [-0.3, -0.25) is 0 Å². The first-order chi connectivity index (χ1) is 40.0. The molecule has 0 radical (unpaired) electrons. The minimum atomic E-state index is 0.476. The third-order valence-corrected chi connectivity index (χ3v) is 26.3. The first kappa shape index (κ1) is 93.7. The molecule has 0 N–H and O–H groups in total. The number of hydrogen-bond acceptors (Lipinski definition) is 0. The van der Waals surface area contributed by atoms with E-state index in [9.17, 15) is 0 Å². The maximum absolute atomic E-state index is 2.85. The summed E-state index contributed by atoms with van der Waals surface area (Å²) in [5.74, 6) is 0. The molecule has 0 aromatic rings. The summed E-state index contributed by atoms with van der Waals surface area (Å²) in [4.78, 5) is 0. The van der Waals surface area contributed by atoms with Gasteiger partial charge in [-0.2, -0.15) is 0 Å². The van der Waals surface area contributed by atoms with Gasteiger partial charge in [0.1, 0.15) is 0 Å². The highest BCUT2D eigenvalue weighted by molar-refractivity contribution is 8.42. The zero-order chi connectivity index (χ0) is 69.8. The Morgan fingerprint density at radius 1 is 0.0682 bits per heavy atom. The predicted octanol–water partition coefficient (Wildman–Crippen LogP) is -57.6. The Morgan fingerprint density at radius 2 is 0.136 bits per heavy atom. The van der Waals surface area contributed by atoms with E-state index in [2.05, 4.69) is 348 Å². The molecule has 0 saturated heterocycles. The second kappa shape index (κ2) is 43.0. The highest BCUT2D eigenvalue weighted by Crippen LogP contribution is 2.29. The van der Waals surface area contributed by atoms with Crippen LogP contribution in [0.3, 0.4) is 0 Å². The molecule has 0 aliphatic carbocycles. The van der Waals surface area contributed by atoms with E-state index in [0.29, 0.717) is 275 Å². The van der Waals surface area contributed by atoms with Crippen molar-refractivity contribution in [3.8, 4) is 0 Å². The molecule has 0 aliphatic heterocycles. The van der Waals surface area contributed by atoms with Crippen LogP contribution in [0.5, 0.6) is 0 Å². The standard InChI is InChI=1S/B88H90/c1-46(2)68(45)79(67(43)44)85(80(69(47(3)4)48(5)6)70(49(7)8)50(9)10)88(86(81(71(51(11)12)52(13)14)72(53(15)16)54(17)18)82(73(55(19)20)56(21)22)74(57(23)24)58(25)26)87(83(75(59(27)28)60(29)30)76(61(31)32)62(33)34)84(77(63(35)36)64(37)38)78(65(39)40)66(41)42/h1-45H2. The van der Waals surface area contributed by atoms with Crippen LogP contribution in [-0.4, -0.2) is 623 Å². The third kappa shape index (κ3) is 25.0. The SMILES string of the molecule is BB(B)B(B)B(B(B)B)B(B(B(B(B)B)B(B)B)B(B(B)B)B(B)B)B(B(B(B(B(B)B)B(B)B)B(B(B)B)B(B)B)B(B(B(B)B)B(B)B)B(B(B)B)B(B)B)B(B(B(B(B)B)B(B)B)B(B(B)B)B(B)B)B(B(B(B)B)B(B)B)B(B(B)B)B(B)B. The molecule has 0 heterocycles. The molecule has 0 nitrogen and oxygen atoms in total. The molecular weight excluding hydrogens is 951 g/mol. The van der Waals surface area contributed by atoms with Crippen LogP contribution in [0.15, 0.2) is 0 Å². The molecule has 88 heteroatoms. The van der Waals surface area contributed by atoms with E-state index in [1.807, 2.05) is 0 Å². The van der Waals surface area contributed by atoms with E-state index in [4.69, 9.17) is 0 Å². The summed E-state index contributed by atoms with van der Waals surface area (Å²) >= 11 is 0. The predicted molar refractivity (Wildman–Crippen MR) is 632 cm³/mol. The molecule has 0 fully saturated rings. The van der Waals surface area contributed by atoms with E-state index in [0.717, 1.165) is 0 Å². The molecule has 0 aromatic carbocycles. The van der Waals surface area contributed by atoms with Gasteiger partial charge < -0.3 is 0 Å². The average molecular weight is 1040 g/mol. The summed E-state index contributed by atoms with van der Waals surface area (Å²) in [7, 11) is 123. The minimum absolute atomic E-state index is 0.476. The van der Waals surface area contributed by atoms with E-state index >= 15 is 0 Å². The van der Waals surface area contributed by atoms with E-state index in [1.165, 1.54) is 0 Å². The van der Waals surface area contributed by atoms with Gasteiger partial charge in [0.15, 0.2) is 0 Å². The van der Waals surface area contributed by atoms with Crippen molar-refractivity contribution >= 4 is 623 Å². The number of rotatable bonds is 42. The smallest absolute Gasteiger partial charge is 0.00000150 e. The maximum Gasteiger partial charge on any atom is 0.0552 e. The second-order valence-electron chi connectivity index (χ2n) is 39.8. The Kier molecular flexibility index (Phi) is 45.8. The summed E-state index contributed by atoms with van der Waals surface area (Å²) in [5, 5.41) is 0. The second-order valence-corrected chi connectivity index (χ2v) is 39.8. The lowest BCUT2D eigenvalue weighted by Crippen LogP contribution is -3.00. The Bertz CT molecular complexity index is 1400. The molecule has 0 aliphatic rings. The lowest BCUT2D eigenvalue weighted by Gasteiger charge is -2.61. The van der Waals surface area contributed by atoms with Gasteiger partial charge in [-0.25, -0.2) is 0 Å². The Balaban J connectivity index is 13.5. The Labute approximate surface area is 616 Å². The van der Waals surface area contributed by atoms with Crippen LogP contribution in [-0.2, 0) is 0 Å². The fraction of sp³-hybridized carbons (Fsp3) is 0. The summed E-state index contributed by atoms with van der Waals surface area (Å²) in [6, 6.07) is 0. The zero-order valence-electron chi connectivity index (χ0n) is 69.8. The molecule has 0 bridgehead atoms. The zero-order valence-corrected chi connectivity index (χ0v) is 69.8. The van der Waals surface area contributed by atoms with Gasteiger partial charge in [0.25, 0.3) is 0 Å². The summed E-state index contributed by atoms with van der Waals surface area (Å²) in [6.07, 6.45) is 23.9. The summed E-state index contributed by atoms with van der Waals surface area (Å²) in [6.45, 7) is 0. The van der Waals surface area contributed by atoms with Gasteiger partial charge in [-0.1, -0.05) is 0 Å². The van der Waals surface area contributed by atoms with Crippen molar-refractivity contribution in [3.63, 3.8) is 0 Å². The highest BCUT2D eigenvalue weighted by Gasteiger charge is 2.68. The molecule has 0 rings (SSSR count). The summed E-state index contributed by atoms with van der Waals surface area (Å²) in [5.41, 5.74) is 0. The lowest BCUT2D eigenvalue weighted by molar-refractivity contribution is 3.13. The van der Waals surface area contributed by atoms with Crippen molar-refractivity contribution in [2.75, 3.05) is 0 Å². The minimum Gasteiger partial charge on any atom is 0.00000150 e. The summed E-state index contributed by atoms with van der Waals surface area (Å²) < 4.78 is 0. The van der Waals surface area contributed by atoms with Gasteiger partial charge in [0, 0.05) is 275 Å². The van der Waals surface area contributed by atoms with Crippen LogP contribution in [0.2, 0.25) is 0 Å². The van der Waals surface area contributed by atoms with Gasteiger partial charge in [0.05, 0.1) is 348 Å². The highest BCUT2D eigenvalue weighted by atomic mass is 13.5. The average Bonchev–Trinajstić information content (AvgIpc) is 3.29. The molecule has 0 saturated carbocycles. The third-order valence-electron chi connectivity index (χ3n) is 26.3. The molecule has 0 spiro atoms. The quantitative estimate of drug-likeness (QED) is 0.0535. The van der Waals surface area contributed by atoms with Gasteiger partial charge in [0.2, 0.25) is 0 Å². The van der Waals surface area contributed by atoms with Crippen LogP contribution in [0, 0.1) is 0 Å². The van der Waals surface area contributed by atoms with Crippen molar-refractivity contribution in [2.45, 2.75) is 0 Å². The molecule has 354 valence electrons. The van der Waals surface area contributed by atoms with Gasteiger partial charge in [-0.15, -0.1) is 0 Å². The van der Waals surface area contributed by atoms with Crippen LogP contribution < -0.4 is 0 Å². The van der Waals surface area contributed by atoms with E-state index in [1.54, 1.807) is 0 Å². The van der Waals surface area contributed by atoms with Crippen molar-refractivity contribution in [2.24, 2.45) is 0 Å². The van der Waals surface area contributed by atoms with E-state index in [-0.39, 0.29) is 0 Å². The normalized spacial score (nSPS) is 9.82. The van der Waals surface area contributed by atoms with Crippen LogP contribution in [0.4, 0.5) is 0 Å².